The van der Waals surface area contributed by atoms with Crippen LogP contribution in [0.1, 0.15) is 40.4 Å². The van der Waals surface area contributed by atoms with Crippen molar-refractivity contribution in [3.05, 3.63) is 65.5 Å². The Labute approximate surface area is 153 Å². The van der Waals surface area contributed by atoms with Gasteiger partial charge in [-0.05, 0) is 49.1 Å². The van der Waals surface area contributed by atoms with E-state index >= 15 is 0 Å². The van der Waals surface area contributed by atoms with Gasteiger partial charge in [-0.2, -0.15) is 5.10 Å². The molecule has 5 heteroatoms. The van der Waals surface area contributed by atoms with E-state index < -0.39 is 0 Å². The summed E-state index contributed by atoms with van der Waals surface area (Å²) >= 11 is 0. The number of hydrogen-bond donors (Lipinski definition) is 1. The lowest BCUT2D eigenvalue weighted by Gasteiger charge is -2.33. The fourth-order valence-electron chi connectivity index (χ4n) is 3.92. The van der Waals surface area contributed by atoms with Gasteiger partial charge in [-0.15, -0.1) is 0 Å². The SMILES string of the molecule is Cc1ccccc1[C@H]1CCCN(C(=O)c2cc(-c3cccn3C)n[nH]2)C1. The Morgan fingerprint density at radius 3 is 2.85 bits per heavy atom. The minimum absolute atomic E-state index is 0.0382. The molecule has 2 aromatic heterocycles. The van der Waals surface area contributed by atoms with E-state index in [0.29, 0.717) is 11.6 Å². The largest absolute Gasteiger partial charge is 0.349 e. The highest BCUT2D eigenvalue weighted by atomic mass is 16.2. The summed E-state index contributed by atoms with van der Waals surface area (Å²) in [6.45, 7) is 3.72. The Bertz CT molecular complexity index is 924. The van der Waals surface area contributed by atoms with Gasteiger partial charge in [0.15, 0.2) is 0 Å². The van der Waals surface area contributed by atoms with Crippen LogP contribution in [0.25, 0.3) is 11.4 Å². The van der Waals surface area contributed by atoms with Gasteiger partial charge < -0.3 is 9.47 Å². The van der Waals surface area contributed by atoms with Crippen LogP contribution in [0.15, 0.2) is 48.7 Å². The number of aromatic nitrogens is 3. The molecule has 1 amide bonds. The Balaban J connectivity index is 1.52. The molecule has 1 aliphatic rings. The predicted molar refractivity (Wildman–Crippen MR) is 102 cm³/mol. The maximum atomic E-state index is 13.0. The molecule has 0 radical (unpaired) electrons. The van der Waals surface area contributed by atoms with Gasteiger partial charge >= 0.3 is 0 Å². The van der Waals surface area contributed by atoms with Gasteiger partial charge in [0, 0.05) is 32.3 Å². The van der Waals surface area contributed by atoms with Crippen LogP contribution < -0.4 is 0 Å². The van der Waals surface area contributed by atoms with E-state index in [4.69, 9.17) is 0 Å². The zero-order valence-electron chi connectivity index (χ0n) is 15.3. The number of nitrogens with zero attached hydrogens (tertiary/aromatic N) is 3. The van der Waals surface area contributed by atoms with Crippen molar-refractivity contribution in [3.8, 4) is 11.4 Å². The summed E-state index contributed by atoms with van der Waals surface area (Å²) < 4.78 is 2.00. The van der Waals surface area contributed by atoms with E-state index in [1.807, 2.05) is 40.9 Å². The first kappa shape index (κ1) is 16.6. The van der Waals surface area contributed by atoms with Gasteiger partial charge in [-0.1, -0.05) is 24.3 Å². The second-order valence-electron chi connectivity index (χ2n) is 7.12. The normalized spacial score (nSPS) is 17.5. The van der Waals surface area contributed by atoms with Crippen molar-refractivity contribution in [3.63, 3.8) is 0 Å². The van der Waals surface area contributed by atoms with E-state index in [2.05, 4.69) is 41.4 Å². The van der Waals surface area contributed by atoms with Crippen LogP contribution in [-0.2, 0) is 7.05 Å². The van der Waals surface area contributed by atoms with Crippen molar-refractivity contribution in [2.75, 3.05) is 13.1 Å². The molecule has 1 atom stereocenters. The molecule has 0 bridgehead atoms. The molecule has 5 nitrogen and oxygen atoms in total. The van der Waals surface area contributed by atoms with Gasteiger partial charge in [0.1, 0.15) is 11.4 Å². The maximum absolute atomic E-state index is 13.0. The highest BCUT2D eigenvalue weighted by Crippen LogP contribution is 2.30. The third-order valence-electron chi connectivity index (χ3n) is 5.35. The first-order valence-corrected chi connectivity index (χ1v) is 9.15. The fourth-order valence-corrected chi connectivity index (χ4v) is 3.92. The lowest BCUT2D eigenvalue weighted by Crippen LogP contribution is -2.39. The highest BCUT2D eigenvalue weighted by Gasteiger charge is 2.27. The van der Waals surface area contributed by atoms with E-state index in [1.165, 1.54) is 11.1 Å². The molecule has 134 valence electrons. The van der Waals surface area contributed by atoms with Gasteiger partial charge in [0.25, 0.3) is 5.91 Å². The Hall–Kier alpha value is -2.82. The average molecular weight is 348 g/mol. The Kier molecular flexibility index (Phi) is 4.37. The van der Waals surface area contributed by atoms with Crippen LogP contribution in [0.4, 0.5) is 0 Å². The summed E-state index contributed by atoms with van der Waals surface area (Å²) in [4.78, 5) is 14.9. The van der Waals surface area contributed by atoms with Gasteiger partial charge in [0.05, 0.1) is 5.69 Å². The van der Waals surface area contributed by atoms with E-state index in [9.17, 15) is 4.79 Å². The number of rotatable bonds is 3. The molecule has 1 aromatic carbocycles. The highest BCUT2D eigenvalue weighted by molar-refractivity contribution is 5.93. The number of H-pyrrole nitrogens is 1. The second kappa shape index (κ2) is 6.83. The molecule has 0 unspecified atom stereocenters. The first-order valence-electron chi connectivity index (χ1n) is 9.15. The summed E-state index contributed by atoms with van der Waals surface area (Å²) in [5, 5.41) is 7.26. The third kappa shape index (κ3) is 3.05. The number of hydrogen-bond acceptors (Lipinski definition) is 2. The van der Waals surface area contributed by atoms with Crippen LogP contribution >= 0.6 is 0 Å². The smallest absolute Gasteiger partial charge is 0.271 e. The maximum Gasteiger partial charge on any atom is 0.271 e. The zero-order chi connectivity index (χ0) is 18.1. The number of amides is 1. The Morgan fingerprint density at radius 1 is 1.23 bits per heavy atom. The molecule has 0 saturated carbocycles. The van der Waals surface area contributed by atoms with Crippen molar-refractivity contribution in [2.24, 2.45) is 7.05 Å². The summed E-state index contributed by atoms with van der Waals surface area (Å²) in [5.41, 5.74) is 5.02. The molecule has 3 aromatic rings. The van der Waals surface area contributed by atoms with E-state index in [0.717, 1.165) is 37.3 Å². The molecule has 1 aliphatic heterocycles. The van der Waals surface area contributed by atoms with Crippen LogP contribution in [0.5, 0.6) is 0 Å². The minimum atomic E-state index is 0.0382. The number of nitrogens with one attached hydrogen (secondary N) is 1. The first-order chi connectivity index (χ1) is 12.6. The van der Waals surface area contributed by atoms with Crippen molar-refractivity contribution in [1.82, 2.24) is 19.7 Å². The zero-order valence-corrected chi connectivity index (χ0v) is 15.3. The summed E-state index contributed by atoms with van der Waals surface area (Å²) in [5.74, 6) is 0.445. The number of aromatic amines is 1. The van der Waals surface area contributed by atoms with Crippen molar-refractivity contribution >= 4 is 5.91 Å². The lowest BCUT2D eigenvalue weighted by atomic mass is 9.88. The number of piperidine rings is 1. The standard InChI is InChI=1S/C21H24N4O/c1-15-7-3-4-9-17(15)16-8-5-12-25(14-16)21(26)19-13-18(22-23-19)20-10-6-11-24(20)2/h3-4,6-7,9-11,13,16H,5,8,12,14H2,1-2H3,(H,22,23)/t16-/m0/s1. The van der Waals surface area contributed by atoms with E-state index in [1.54, 1.807) is 0 Å². The molecule has 3 heterocycles. The van der Waals surface area contributed by atoms with Crippen LogP contribution in [0.3, 0.4) is 0 Å². The predicted octanol–water partition coefficient (Wildman–Crippen LogP) is 3.74. The number of carbonyl (C=O) groups excluding carboxylic acids is 1. The lowest BCUT2D eigenvalue weighted by molar-refractivity contribution is 0.0701. The molecule has 0 spiro atoms. The van der Waals surface area contributed by atoms with Crippen molar-refractivity contribution in [2.45, 2.75) is 25.7 Å². The third-order valence-corrected chi connectivity index (χ3v) is 5.35. The van der Waals surface area contributed by atoms with Crippen LogP contribution in [0.2, 0.25) is 0 Å². The number of carbonyl (C=O) groups is 1. The summed E-state index contributed by atoms with van der Waals surface area (Å²) in [6.07, 6.45) is 4.14. The molecular formula is C21H24N4O. The van der Waals surface area contributed by atoms with Crippen molar-refractivity contribution in [1.29, 1.82) is 0 Å². The van der Waals surface area contributed by atoms with Gasteiger partial charge in [-0.3, -0.25) is 9.89 Å². The van der Waals surface area contributed by atoms with Crippen molar-refractivity contribution < 1.29 is 4.79 Å². The topological polar surface area (TPSA) is 53.9 Å². The summed E-state index contributed by atoms with van der Waals surface area (Å²) in [6, 6.07) is 14.3. The molecule has 1 saturated heterocycles. The van der Waals surface area contributed by atoms with Crippen LogP contribution in [0, 0.1) is 6.92 Å². The molecule has 4 rings (SSSR count). The van der Waals surface area contributed by atoms with Crippen LogP contribution in [-0.4, -0.2) is 38.7 Å². The quantitative estimate of drug-likeness (QED) is 0.784. The minimum Gasteiger partial charge on any atom is -0.349 e. The molecular weight excluding hydrogens is 324 g/mol. The Morgan fingerprint density at radius 2 is 2.08 bits per heavy atom. The molecule has 1 fully saturated rings. The number of likely N-dealkylation sites (tertiary alicyclic amines) is 1. The number of aryl methyl sites for hydroxylation is 2. The van der Waals surface area contributed by atoms with E-state index in [-0.39, 0.29) is 5.91 Å². The molecule has 26 heavy (non-hydrogen) atoms. The number of benzene rings is 1. The fraction of sp³-hybridized carbons (Fsp3) is 0.333. The van der Waals surface area contributed by atoms with Gasteiger partial charge in [0.2, 0.25) is 0 Å². The average Bonchev–Trinajstić information content (AvgIpc) is 3.30. The van der Waals surface area contributed by atoms with Gasteiger partial charge in [-0.25, -0.2) is 0 Å². The molecule has 1 N–H and O–H groups in total. The summed E-state index contributed by atoms with van der Waals surface area (Å²) in [7, 11) is 1.98. The monoisotopic (exact) mass is 348 g/mol. The molecule has 0 aliphatic carbocycles. The second-order valence-corrected chi connectivity index (χ2v) is 7.12.